The minimum Gasteiger partial charge on any atom is -0.372 e. The van der Waals surface area contributed by atoms with Gasteiger partial charge in [-0.25, -0.2) is 4.79 Å². The monoisotopic (exact) mass is 378 g/mol. The number of anilines is 3. The first-order valence-corrected chi connectivity index (χ1v) is 10.0. The van der Waals surface area contributed by atoms with Gasteiger partial charge in [-0.05, 0) is 74.6 Å². The van der Waals surface area contributed by atoms with Crippen molar-refractivity contribution in [1.82, 2.24) is 5.32 Å². The van der Waals surface area contributed by atoms with Gasteiger partial charge in [0.2, 0.25) is 0 Å². The summed E-state index contributed by atoms with van der Waals surface area (Å²) in [6, 6.07) is 15.0. The molecule has 2 fully saturated rings. The van der Waals surface area contributed by atoms with Crippen molar-refractivity contribution in [3.63, 3.8) is 0 Å². The van der Waals surface area contributed by atoms with E-state index in [1.165, 1.54) is 24.9 Å². The molecule has 0 unspecified atom stereocenters. The molecule has 6 nitrogen and oxygen atoms in total. The molecule has 0 bridgehead atoms. The van der Waals surface area contributed by atoms with Crippen LogP contribution in [0.15, 0.2) is 48.5 Å². The molecule has 6 heteroatoms. The second-order valence-electron chi connectivity index (χ2n) is 7.50. The summed E-state index contributed by atoms with van der Waals surface area (Å²) >= 11 is 0. The average Bonchev–Trinajstić information content (AvgIpc) is 3.53. The molecule has 0 spiro atoms. The molecule has 3 amide bonds. The lowest BCUT2D eigenvalue weighted by molar-refractivity contribution is 0.102. The van der Waals surface area contributed by atoms with E-state index in [0.29, 0.717) is 17.3 Å². The molecule has 0 radical (unpaired) electrons. The molecular formula is C22H26N4O2. The largest absolute Gasteiger partial charge is 0.372 e. The standard InChI is InChI=1S/C22H26N4O2/c27-21(16-5-4-6-19(15-16)25-22(28)24-18-7-8-18)23-17-9-11-20(12-10-17)26-13-2-1-3-14-26/h4-6,9-12,15,18H,1-3,7-8,13-14H2,(H,23,27)(H2,24,25,28). The highest BCUT2D eigenvalue weighted by molar-refractivity contribution is 6.05. The van der Waals surface area contributed by atoms with Crippen molar-refractivity contribution < 1.29 is 9.59 Å². The Bertz CT molecular complexity index is 840. The fraction of sp³-hybridized carbons (Fsp3) is 0.364. The van der Waals surface area contributed by atoms with Crippen LogP contribution in [0.3, 0.4) is 0 Å². The molecule has 2 aliphatic rings. The summed E-state index contributed by atoms with van der Waals surface area (Å²) in [5.74, 6) is -0.197. The molecule has 0 aromatic heterocycles. The topological polar surface area (TPSA) is 73.5 Å². The number of rotatable bonds is 5. The van der Waals surface area contributed by atoms with Gasteiger partial charge in [0, 0.05) is 41.8 Å². The van der Waals surface area contributed by atoms with Crippen molar-refractivity contribution in [2.24, 2.45) is 0 Å². The van der Waals surface area contributed by atoms with Gasteiger partial charge in [-0.2, -0.15) is 0 Å². The predicted octanol–water partition coefficient (Wildman–Crippen LogP) is 4.21. The highest BCUT2D eigenvalue weighted by atomic mass is 16.2. The van der Waals surface area contributed by atoms with Gasteiger partial charge in [0.05, 0.1) is 0 Å². The number of hydrogen-bond acceptors (Lipinski definition) is 3. The maximum Gasteiger partial charge on any atom is 0.319 e. The molecule has 0 atom stereocenters. The Morgan fingerprint density at radius 1 is 0.857 bits per heavy atom. The minimum absolute atomic E-state index is 0.197. The first-order valence-electron chi connectivity index (χ1n) is 10.0. The molecule has 2 aromatic carbocycles. The van der Waals surface area contributed by atoms with Crippen molar-refractivity contribution in [3.05, 3.63) is 54.1 Å². The van der Waals surface area contributed by atoms with Crippen LogP contribution < -0.4 is 20.9 Å². The van der Waals surface area contributed by atoms with E-state index in [0.717, 1.165) is 31.6 Å². The number of carbonyl (C=O) groups is 2. The number of amides is 3. The fourth-order valence-electron chi connectivity index (χ4n) is 3.43. The molecule has 1 saturated carbocycles. The molecule has 3 N–H and O–H groups in total. The van der Waals surface area contributed by atoms with Crippen molar-refractivity contribution in [2.45, 2.75) is 38.1 Å². The summed E-state index contributed by atoms with van der Waals surface area (Å²) in [5, 5.41) is 8.57. The van der Waals surface area contributed by atoms with Gasteiger partial charge < -0.3 is 20.9 Å². The van der Waals surface area contributed by atoms with Gasteiger partial charge in [0.1, 0.15) is 0 Å². The first kappa shape index (κ1) is 18.3. The zero-order chi connectivity index (χ0) is 19.3. The molecule has 1 saturated heterocycles. The lowest BCUT2D eigenvalue weighted by atomic mass is 10.1. The van der Waals surface area contributed by atoms with Crippen LogP contribution in [0.25, 0.3) is 0 Å². The van der Waals surface area contributed by atoms with Crippen molar-refractivity contribution >= 4 is 29.0 Å². The summed E-state index contributed by atoms with van der Waals surface area (Å²) in [6.07, 6.45) is 5.85. The SMILES string of the molecule is O=C(Nc1cccc(C(=O)Nc2ccc(N3CCCCC3)cc2)c1)NC1CC1. The zero-order valence-electron chi connectivity index (χ0n) is 15.9. The van der Waals surface area contributed by atoms with E-state index >= 15 is 0 Å². The van der Waals surface area contributed by atoms with Crippen molar-refractivity contribution in [2.75, 3.05) is 28.6 Å². The van der Waals surface area contributed by atoms with Crippen LogP contribution in [0.5, 0.6) is 0 Å². The van der Waals surface area contributed by atoms with Crippen LogP contribution >= 0.6 is 0 Å². The Balaban J connectivity index is 1.36. The number of piperidine rings is 1. The van der Waals surface area contributed by atoms with Crippen LogP contribution in [-0.2, 0) is 0 Å². The lowest BCUT2D eigenvalue weighted by Gasteiger charge is -2.28. The van der Waals surface area contributed by atoms with Crippen LogP contribution in [0.1, 0.15) is 42.5 Å². The van der Waals surface area contributed by atoms with Gasteiger partial charge in [0.15, 0.2) is 0 Å². The number of urea groups is 1. The van der Waals surface area contributed by atoms with E-state index in [9.17, 15) is 9.59 Å². The molecule has 28 heavy (non-hydrogen) atoms. The predicted molar refractivity (Wildman–Crippen MR) is 112 cm³/mol. The zero-order valence-corrected chi connectivity index (χ0v) is 15.9. The van der Waals surface area contributed by atoms with Crippen molar-refractivity contribution in [1.29, 1.82) is 0 Å². The van der Waals surface area contributed by atoms with E-state index in [2.05, 4.69) is 33.0 Å². The molecule has 4 rings (SSSR count). The molecule has 1 aliphatic heterocycles. The van der Waals surface area contributed by atoms with Crippen LogP contribution in [0.4, 0.5) is 21.9 Å². The first-order chi connectivity index (χ1) is 13.7. The van der Waals surface area contributed by atoms with E-state index in [4.69, 9.17) is 0 Å². The fourth-order valence-corrected chi connectivity index (χ4v) is 3.43. The lowest BCUT2D eigenvalue weighted by Crippen LogP contribution is -2.30. The van der Waals surface area contributed by atoms with Gasteiger partial charge in [-0.1, -0.05) is 6.07 Å². The summed E-state index contributed by atoms with van der Waals surface area (Å²) in [4.78, 5) is 26.8. The third-order valence-corrected chi connectivity index (χ3v) is 5.14. The van der Waals surface area contributed by atoms with E-state index in [1.54, 1.807) is 24.3 Å². The van der Waals surface area contributed by atoms with E-state index in [-0.39, 0.29) is 11.9 Å². The highest BCUT2D eigenvalue weighted by Gasteiger charge is 2.23. The number of nitrogens with zero attached hydrogens (tertiary/aromatic N) is 1. The molecule has 146 valence electrons. The quantitative estimate of drug-likeness (QED) is 0.730. The normalized spacial score (nSPS) is 16.4. The number of benzene rings is 2. The Hall–Kier alpha value is -3.02. The second-order valence-corrected chi connectivity index (χ2v) is 7.50. The van der Waals surface area contributed by atoms with Crippen LogP contribution in [0, 0.1) is 0 Å². The number of carbonyl (C=O) groups excluding carboxylic acids is 2. The van der Waals surface area contributed by atoms with E-state index < -0.39 is 0 Å². The third kappa shape index (κ3) is 4.82. The molecule has 2 aromatic rings. The minimum atomic E-state index is -0.228. The Morgan fingerprint density at radius 2 is 1.61 bits per heavy atom. The summed E-state index contributed by atoms with van der Waals surface area (Å²) in [7, 11) is 0. The third-order valence-electron chi connectivity index (χ3n) is 5.14. The van der Waals surface area contributed by atoms with Gasteiger partial charge in [0.25, 0.3) is 5.91 Å². The molecular weight excluding hydrogens is 352 g/mol. The number of hydrogen-bond donors (Lipinski definition) is 3. The second kappa shape index (κ2) is 8.33. The average molecular weight is 378 g/mol. The Morgan fingerprint density at radius 3 is 2.32 bits per heavy atom. The molecule has 1 heterocycles. The smallest absolute Gasteiger partial charge is 0.319 e. The number of nitrogens with one attached hydrogen (secondary N) is 3. The summed E-state index contributed by atoms with van der Waals surface area (Å²) in [6.45, 7) is 2.19. The van der Waals surface area contributed by atoms with Crippen LogP contribution in [0.2, 0.25) is 0 Å². The van der Waals surface area contributed by atoms with Crippen LogP contribution in [-0.4, -0.2) is 31.1 Å². The Kier molecular flexibility index (Phi) is 5.46. The maximum absolute atomic E-state index is 12.6. The van der Waals surface area contributed by atoms with E-state index in [1.807, 2.05) is 12.1 Å². The highest BCUT2D eigenvalue weighted by Crippen LogP contribution is 2.22. The molecule has 1 aliphatic carbocycles. The van der Waals surface area contributed by atoms with Gasteiger partial charge >= 0.3 is 6.03 Å². The summed E-state index contributed by atoms with van der Waals surface area (Å²) < 4.78 is 0. The van der Waals surface area contributed by atoms with Gasteiger partial charge in [-0.3, -0.25) is 4.79 Å². The maximum atomic E-state index is 12.6. The van der Waals surface area contributed by atoms with Crippen molar-refractivity contribution in [3.8, 4) is 0 Å². The summed E-state index contributed by atoms with van der Waals surface area (Å²) in [5.41, 5.74) is 3.07. The Labute approximate surface area is 165 Å². The van der Waals surface area contributed by atoms with Gasteiger partial charge in [-0.15, -0.1) is 0 Å².